The third-order valence-corrected chi connectivity index (χ3v) is 5.23. The van der Waals surface area contributed by atoms with E-state index >= 15 is 0 Å². The summed E-state index contributed by atoms with van der Waals surface area (Å²) in [5, 5.41) is 10.7. The molecule has 0 spiro atoms. The van der Waals surface area contributed by atoms with E-state index in [1.807, 2.05) is 37.3 Å². The van der Waals surface area contributed by atoms with Gasteiger partial charge in [0.05, 0.1) is 18.4 Å². The lowest BCUT2D eigenvalue weighted by atomic mass is 9.96. The highest BCUT2D eigenvalue weighted by molar-refractivity contribution is 6.16. The number of benzene rings is 2. The van der Waals surface area contributed by atoms with E-state index in [9.17, 15) is 14.7 Å². The highest BCUT2D eigenvalue weighted by atomic mass is 16.5. The fourth-order valence-electron chi connectivity index (χ4n) is 3.78. The maximum Gasteiger partial charge on any atom is 0.294 e. The number of carbonyl (C=O) groups is 2. The van der Waals surface area contributed by atoms with Crippen molar-refractivity contribution in [2.75, 3.05) is 11.5 Å². The molecule has 3 aromatic rings. The Morgan fingerprint density at radius 3 is 2.45 bits per heavy atom. The molecule has 1 aromatic heterocycles. The van der Waals surface area contributed by atoms with Crippen LogP contribution in [-0.4, -0.2) is 23.4 Å². The minimum absolute atomic E-state index is 0.0600. The molecule has 1 amide bonds. The Balaban J connectivity index is 1.65. The number of hydrogen-bond acceptors (Lipinski definition) is 5. The van der Waals surface area contributed by atoms with Gasteiger partial charge in [-0.2, -0.15) is 0 Å². The summed E-state index contributed by atoms with van der Waals surface area (Å²) in [6.07, 6.45) is 2.17. The number of aliphatic hydroxyl groups is 1. The van der Waals surface area contributed by atoms with Crippen LogP contribution in [0.4, 0.5) is 5.69 Å². The first-order valence-corrected chi connectivity index (χ1v) is 10.2. The van der Waals surface area contributed by atoms with E-state index in [4.69, 9.17) is 9.15 Å². The zero-order chi connectivity index (χ0) is 21.8. The van der Waals surface area contributed by atoms with E-state index in [0.717, 1.165) is 5.56 Å². The summed E-state index contributed by atoms with van der Waals surface area (Å²) in [4.78, 5) is 27.5. The molecule has 6 heteroatoms. The number of Topliss-reactive ketones (excluding diaryl/α,β-unsaturated/α-hetero) is 1. The maximum atomic E-state index is 13.1. The van der Waals surface area contributed by atoms with Gasteiger partial charge in [-0.25, -0.2) is 0 Å². The third kappa shape index (κ3) is 4.10. The fourth-order valence-corrected chi connectivity index (χ4v) is 3.78. The molecular weight excluding hydrogens is 394 g/mol. The SMILES string of the molecule is CCOc1ccc(N2C(=O)C(O)=C(C(=O)CCc3ccccc3)C2c2ccco2)cc1. The smallest absolute Gasteiger partial charge is 0.294 e. The van der Waals surface area contributed by atoms with Gasteiger partial charge in [0.25, 0.3) is 5.91 Å². The Bertz CT molecular complexity index is 1080. The van der Waals surface area contributed by atoms with Crippen molar-refractivity contribution in [3.05, 3.63) is 95.6 Å². The number of hydrogen-bond donors (Lipinski definition) is 1. The molecule has 158 valence electrons. The summed E-state index contributed by atoms with van der Waals surface area (Å²) in [5.74, 6) is -0.371. The van der Waals surface area contributed by atoms with Gasteiger partial charge in [0.1, 0.15) is 17.6 Å². The number of nitrogens with zero attached hydrogens (tertiary/aromatic N) is 1. The number of ether oxygens (including phenoxy) is 1. The Morgan fingerprint density at radius 1 is 1.06 bits per heavy atom. The van der Waals surface area contributed by atoms with Crippen LogP contribution >= 0.6 is 0 Å². The molecule has 1 aliphatic rings. The normalized spacial score (nSPS) is 16.1. The number of amides is 1. The molecule has 0 fully saturated rings. The lowest BCUT2D eigenvalue weighted by molar-refractivity contribution is -0.118. The molecule has 0 aliphatic carbocycles. The highest BCUT2D eigenvalue weighted by Crippen LogP contribution is 2.41. The molecule has 1 N–H and O–H groups in total. The number of anilines is 1. The van der Waals surface area contributed by atoms with Crippen LogP contribution in [-0.2, 0) is 16.0 Å². The first-order chi connectivity index (χ1) is 15.1. The molecule has 1 unspecified atom stereocenters. The highest BCUT2D eigenvalue weighted by Gasteiger charge is 2.45. The van der Waals surface area contributed by atoms with E-state index in [0.29, 0.717) is 30.2 Å². The van der Waals surface area contributed by atoms with Crippen molar-refractivity contribution < 1.29 is 23.8 Å². The Morgan fingerprint density at radius 2 is 1.81 bits per heavy atom. The maximum absolute atomic E-state index is 13.1. The summed E-state index contributed by atoms with van der Waals surface area (Å²) in [6.45, 7) is 2.42. The average Bonchev–Trinajstić information content (AvgIpc) is 3.41. The van der Waals surface area contributed by atoms with E-state index < -0.39 is 17.7 Å². The predicted molar refractivity (Wildman–Crippen MR) is 116 cm³/mol. The van der Waals surface area contributed by atoms with Crippen LogP contribution < -0.4 is 9.64 Å². The summed E-state index contributed by atoms with van der Waals surface area (Å²) >= 11 is 0. The molecular formula is C25H23NO5. The third-order valence-electron chi connectivity index (χ3n) is 5.23. The van der Waals surface area contributed by atoms with Crippen molar-refractivity contribution in [3.8, 4) is 5.75 Å². The zero-order valence-corrected chi connectivity index (χ0v) is 17.2. The number of ketones is 1. The van der Waals surface area contributed by atoms with E-state index in [-0.39, 0.29) is 17.8 Å². The van der Waals surface area contributed by atoms with Crippen LogP contribution in [0.5, 0.6) is 5.75 Å². The lowest BCUT2D eigenvalue weighted by Crippen LogP contribution is -2.30. The first-order valence-electron chi connectivity index (χ1n) is 10.2. The molecule has 1 aliphatic heterocycles. The minimum Gasteiger partial charge on any atom is -0.503 e. The van der Waals surface area contributed by atoms with Crippen molar-refractivity contribution in [2.45, 2.75) is 25.8 Å². The van der Waals surface area contributed by atoms with Crippen LogP contribution in [0.1, 0.15) is 30.7 Å². The summed E-state index contributed by atoms with van der Waals surface area (Å²) in [5.41, 5.74) is 1.61. The summed E-state index contributed by atoms with van der Waals surface area (Å²) < 4.78 is 11.0. The molecule has 31 heavy (non-hydrogen) atoms. The van der Waals surface area contributed by atoms with Gasteiger partial charge in [-0.15, -0.1) is 0 Å². The molecule has 1 atom stereocenters. The van der Waals surface area contributed by atoms with Gasteiger partial charge in [-0.3, -0.25) is 14.5 Å². The quantitative estimate of drug-likeness (QED) is 0.571. The monoisotopic (exact) mass is 417 g/mol. The van der Waals surface area contributed by atoms with Crippen LogP contribution in [0.3, 0.4) is 0 Å². The summed E-state index contributed by atoms with van der Waals surface area (Å²) in [7, 11) is 0. The van der Waals surface area contributed by atoms with Crippen molar-refractivity contribution in [3.63, 3.8) is 0 Å². The van der Waals surface area contributed by atoms with Crippen molar-refractivity contribution in [2.24, 2.45) is 0 Å². The second-order valence-electron chi connectivity index (χ2n) is 7.19. The largest absolute Gasteiger partial charge is 0.503 e. The molecule has 2 aromatic carbocycles. The minimum atomic E-state index is -0.830. The van der Waals surface area contributed by atoms with Gasteiger partial charge >= 0.3 is 0 Å². The average molecular weight is 417 g/mol. The van der Waals surface area contributed by atoms with Crippen LogP contribution in [0.25, 0.3) is 0 Å². The van der Waals surface area contributed by atoms with Gasteiger partial charge < -0.3 is 14.3 Å². The van der Waals surface area contributed by atoms with Crippen molar-refractivity contribution >= 4 is 17.4 Å². The number of rotatable bonds is 8. The zero-order valence-electron chi connectivity index (χ0n) is 17.2. The lowest BCUT2D eigenvalue weighted by Gasteiger charge is -2.25. The Kier molecular flexibility index (Phi) is 5.89. The van der Waals surface area contributed by atoms with E-state index in [1.54, 1.807) is 36.4 Å². The number of furan rings is 1. The fraction of sp³-hybridized carbons (Fsp3) is 0.200. The van der Waals surface area contributed by atoms with Gasteiger partial charge in [0, 0.05) is 12.1 Å². The molecule has 4 rings (SSSR count). The van der Waals surface area contributed by atoms with Crippen molar-refractivity contribution in [1.82, 2.24) is 0 Å². The van der Waals surface area contributed by atoms with Crippen LogP contribution in [0.2, 0.25) is 0 Å². The van der Waals surface area contributed by atoms with E-state index in [1.165, 1.54) is 11.2 Å². The predicted octanol–water partition coefficient (Wildman–Crippen LogP) is 4.78. The van der Waals surface area contributed by atoms with Gasteiger partial charge in [-0.1, -0.05) is 30.3 Å². The second-order valence-corrected chi connectivity index (χ2v) is 7.19. The van der Waals surface area contributed by atoms with Crippen LogP contribution in [0, 0.1) is 0 Å². The molecule has 0 saturated carbocycles. The second kappa shape index (κ2) is 8.92. The Labute approximate surface area is 180 Å². The Hall–Kier alpha value is -3.80. The van der Waals surface area contributed by atoms with Crippen molar-refractivity contribution in [1.29, 1.82) is 0 Å². The number of aryl methyl sites for hydroxylation is 1. The standard InChI is InChI=1S/C25H23NO5/c1-2-30-19-13-11-18(12-14-19)26-23(21-9-6-16-31-21)22(24(28)25(26)29)20(27)15-10-17-7-4-3-5-8-17/h3-9,11-14,16,23,28H,2,10,15H2,1H3. The van der Waals surface area contributed by atoms with E-state index in [2.05, 4.69) is 0 Å². The molecule has 0 bridgehead atoms. The van der Waals surface area contributed by atoms with Gasteiger partial charge in [0.15, 0.2) is 11.5 Å². The molecule has 0 saturated heterocycles. The number of aliphatic hydroxyl groups excluding tert-OH is 1. The number of carbonyl (C=O) groups excluding carboxylic acids is 2. The first kappa shape index (κ1) is 20.5. The van der Waals surface area contributed by atoms with Crippen LogP contribution in [0.15, 0.2) is 88.7 Å². The molecule has 0 radical (unpaired) electrons. The summed E-state index contributed by atoms with van der Waals surface area (Å²) in [6, 6.07) is 19.1. The molecule has 6 nitrogen and oxygen atoms in total. The van der Waals surface area contributed by atoms with Gasteiger partial charge in [0.2, 0.25) is 0 Å². The molecule has 2 heterocycles. The van der Waals surface area contributed by atoms with Gasteiger partial charge in [-0.05, 0) is 55.3 Å². The topological polar surface area (TPSA) is 80.0 Å².